The Morgan fingerprint density at radius 1 is 1.20 bits per heavy atom. The molecule has 2 rings (SSSR count). The van der Waals surface area contributed by atoms with Gasteiger partial charge in [0.25, 0.3) is 0 Å². The molecule has 0 aliphatic heterocycles. The second-order valence-corrected chi connectivity index (χ2v) is 7.92. The van der Waals surface area contributed by atoms with Crippen molar-refractivity contribution in [3.8, 4) is 11.5 Å². The van der Waals surface area contributed by atoms with Gasteiger partial charge in [-0.3, -0.25) is 4.99 Å². The summed E-state index contributed by atoms with van der Waals surface area (Å²) in [6, 6.07) is 4.14. The molecule has 0 amide bonds. The van der Waals surface area contributed by atoms with E-state index >= 15 is 0 Å². The third-order valence-corrected chi connectivity index (χ3v) is 5.94. The molecule has 168 valence electrons. The molecule has 0 atom stereocenters. The van der Waals surface area contributed by atoms with E-state index in [2.05, 4.69) is 35.2 Å². The zero-order valence-electron chi connectivity index (χ0n) is 19.2. The molecular weight excluding hydrogens is 378 g/mol. The fraction of sp³-hybridized carbons (Fsp3) is 0.625. The molecule has 0 bridgehead atoms. The van der Waals surface area contributed by atoms with Crippen molar-refractivity contribution in [2.75, 3.05) is 41.0 Å². The van der Waals surface area contributed by atoms with Crippen LogP contribution < -0.4 is 20.1 Å². The number of methoxy groups -OCH3 is 2. The Bertz CT molecular complexity index is 697. The standard InChI is InChI=1S/C24H39N3O3/c1-6-10-20-15-19(16-21(28-4)22(20)29-5)17-26-23(25-3)27-18-24(11-8-9-12-24)13-14-30-7-2/h6,15-16H,1,7-14,17-18H2,2-5H3,(H2,25,26,27). The summed E-state index contributed by atoms with van der Waals surface area (Å²) in [4.78, 5) is 4.42. The molecule has 1 saturated carbocycles. The van der Waals surface area contributed by atoms with Crippen LogP contribution >= 0.6 is 0 Å². The minimum Gasteiger partial charge on any atom is -0.493 e. The van der Waals surface area contributed by atoms with Crippen LogP contribution in [0.5, 0.6) is 11.5 Å². The smallest absolute Gasteiger partial charge is 0.191 e. The highest BCUT2D eigenvalue weighted by Crippen LogP contribution is 2.40. The normalized spacial score (nSPS) is 15.7. The van der Waals surface area contributed by atoms with Crippen molar-refractivity contribution in [3.63, 3.8) is 0 Å². The predicted molar refractivity (Wildman–Crippen MR) is 124 cm³/mol. The molecule has 1 aromatic rings. The van der Waals surface area contributed by atoms with Crippen molar-refractivity contribution < 1.29 is 14.2 Å². The summed E-state index contributed by atoms with van der Waals surface area (Å²) in [6.45, 7) is 9.10. The summed E-state index contributed by atoms with van der Waals surface area (Å²) < 4.78 is 16.7. The van der Waals surface area contributed by atoms with Crippen molar-refractivity contribution in [2.24, 2.45) is 10.4 Å². The Labute approximate surface area is 182 Å². The topological polar surface area (TPSA) is 64.1 Å². The molecule has 1 aromatic carbocycles. The lowest BCUT2D eigenvalue weighted by molar-refractivity contribution is 0.105. The third-order valence-electron chi connectivity index (χ3n) is 5.94. The Kier molecular flexibility index (Phi) is 10.0. The second-order valence-electron chi connectivity index (χ2n) is 7.92. The van der Waals surface area contributed by atoms with Gasteiger partial charge in [-0.2, -0.15) is 0 Å². The molecule has 1 fully saturated rings. The molecule has 6 nitrogen and oxygen atoms in total. The maximum atomic E-state index is 5.63. The van der Waals surface area contributed by atoms with Crippen LogP contribution in [-0.2, 0) is 17.7 Å². The lowest BCUT2D eigenvalue weighted by atomic mass is 9.83. The first-order chi connectivity index (χ1) is 14.6. The maximum absolute atomic E-state index is 5.63. The van der Waals surface area contributed by atoms with Crippen molar-refractivity contribution in [1.82, 2.24) is 10.6 Å². The predicted octanol–water partition coefficient (Wildman–Crippen LogP) is 4.08. The number of hydrogen-bond acceptors (Lipinski definition) is 4. The summed E-state index contributed by atoms with van der Waals surface area (Å²) in [5.41, 5.74) is 2.49. The Hall–Kier alpha value is -2.21. The fourth-order valence-electron chi connectivity index (χ4n) is 4.27. The Morgan fingerprint density at radius 3 is 2.57 bits per heavy atom. The second kappa shape index (κ2) is 12.5. The average Bonchev–Trinajstić information content (AvgIpc) is 3.23. The van der Waals surface area contributed by atoms with Crippen LogP contribution in [0.25, 0.3) is 0 Å². The van der Waals surface area contributed by atoms with Crippen LogP contribution in [0.4, 0.5) is 0 Å². The molecule has 6 heteroatoms. The van der Waals surface area contributed by atoms with E-state index in [9.17, 15) is 0 Å². The van der Waals surface area contributed by atoms with Crippen LogP contribution in [0.1, 0.15) is 50.2 Å². The first kappa shape index (κ1) is 24.1. The lowest BCUT2D eigenvalue weighted by Crippen LogP contribution is -2.43. The molecule has 0 radical (unpaired) electrons. The van der Waals surface area contributed by atoms with Crippen molar-refractivity contribution >= 4 is 5.96 Å². The van der Waals surface area contributed by atoms with E-state index in [1.807, 2.05) is 19.2 Å². The number of hydrogen-bond donors (Lipinski definition) is 2. The van der Waals surface area contributed by atoms with Crippen LogP contribution in [0.3, 0.4) is 0 Å². The number of guanidine groups is 1. The first-order valence-corrected chi connectivity index (χ1v) is 11.0. The molecule has 0 aromatic heterocycles. The number of nitrogens with one attached hydrogen (secondary N) is 2. The van der Waals surface area contributed by atoms with E-state index in [1.54, 1.807) is 14.2 Å². The Morgan fingerprint density at radius 2 is 1.97 bits per heavy atom. The molecule has 2 N–H and O–H groups in total. The van der Waals surface area contributed by atoms with Gasteiger partial charge in [-0.1, -0.05) is 18.9 Å². The molecule has 0 spiro atoms. The van der Waals surface area contributed by atoms with Gasteiger partial charge in [0.1, 0.15) is 0 Å². The van der Waals surface area contributed by atoms with E-state index in [4.69, 9.17) is 14.2 Å². The van der Waals surface area contributed by atoms with Crippen LogP contribution in [-0.4, -0.2) is 47.0 Å². The van der Waals surface area contributed by atoms with Gasteiger partial charge in [0.05, 0.1) is 14.2 Å². The van der Waals surface area contributed by atoms with Crippen molar-refractivity contribution in [1.29, 1.82) is 0 Å². The van der Waals surface area contributed by atoms with Crippen molar-refractivity contribution in [3.05, 3.63) is 35.9 Å². The molecule has 0 heterocycles. The molecule has 0 saturated heterocycles. The number of rotatable bonds is 12. The summed E-state index contributed by atoms with van der Waals surface area (Å²) in [5.74, 6) is 2.32. The highest BCUT2D eigenvalue weighted by atomic mass is 16.5. The van der Waals surface area contributed by atoms with E-state index < -0.39 is 0 Å². The van der Waals surface area contributed by atoms with E-state index in [1.165, 1.54) is 25.7 Å². The van der Waals surface area contributed by atoms with Crippen LogP contribution in [0, 0.1) is 5.41 Å². The molecule has 0 unspecified atom stereocenters. The highest BCUT2D eigenvalue weighted by Gasteiger charge is 2.33. The largest absolute Gasteiger partial charge is 0.493 e. The van der Waals surface area contributed by atoms with Gasteiger partial charge in [-0.15, -0.1) is 6.58 Å². The first-order valence-electron chi connectivity index (χ1n) is 11.0. The van der Waals surface area contributed by atoms with Crippen LogP contribution in [0.2, 0.25) is 0 Å². The molecule has 1 aliphatic carbocycles. The average molecular weight is 418 g/mol. The number of nitrogens with zero attached hydrogens (tertiary/aromatic N) is 1. The third kappa shape index (κ3) is 6.66. The summed E-state index contributed by atoms with van der Waals surface area (Å²) in [5, 5.41) is 6.99. The highest BCUT2D eigenvalue weighted by molar-refractivity contribution is 5.79. The quantitative estimate of drug-likeness (QED) is 0.232. The number of ether oxygens (including phenoxy) is 3. The molecular formula is C24H39N3O3. The summed E-state index contributed by atoms with van der Waals surface area (Å²) in [6.07, 6.45) is 8.82. The maximum Gasteiger partial charge on any atom is 0.191 e. The van der Waals surface area contributed by atoms with Crippen molar-refractivity contribution in [2.45, 2.75) is 52.0 Å². The van der Waals surface area contributed by atoms with E-state index in [0.29, 0.717) is 12.0 Å². The molecule has 1 aliphatic rings. The fourth-order valence-corrected chi connectivity index (χ4v) is 4.27. The number of benzene rings is 1. The Balaban J connectivity index is 1.99. The summed E-state index contributed by atoms with van der Waals surface area (Å²) in [7, 11) is 5.14. The minimum absolute atomic E-state index is 0.313. The van der Waals surface area contributed by atoms with Gasteiger partial charge in [-0.25, -0.2) is 0 Å². The lowest BCUT2D eigenvalue weighted by Gasteiger charge is -2.30. The zero-order chi connectivity index (χ0) is 21.8. The van der Waals surface area contributed by atoms with E-state index in [0.717, 1.165) is 61.2 Å². The van der Waals surface area contributed by atoms with Gasteiger partial charge < -0.3 is 24.8 Å². The van der Waals surface area contributed by atoms with E-state index in [-0.39, 0.29) is 0 Å². The number of allylic oxidation sites excluding steroid dienone is 1. The molecule has 30 heavy (non-hydrogen) atoms. The van der Waals surface area contributed by atoms with Gasteiger partial charge in [0.2, 0.25) is 0 Å². The van der Waals surface area contributed by atoms with Gasteiger partial charge >= 0.3 is 0 Å². The van der Waals surface area contributed by atoms with Gasteiger partial charge in [-0.05, 0) is 55.7 Å². The van der Waals surface area contributed by atoms with Gasteiger partial charge in [0, 0.05) is 38.9 Å². The zero-order valence-corrected chi connectivity index (χ0v) is 19.2. The summed E-state index contributed by atoms with van der Waals surface area (Å²) >= 11 is 0. The van der Waals surface area contributed by atoms with Gasteiger partial charge in [0.15, 0.2) is 17.5 Å². The monoisotopic (exact) mass is 417 g/mol. The SMILES string of the molecule is C=CCc1cc(CNC(=NC)NCC2(CCOCC)CCCC2)cc(OC)c1OC. The van der Waals surface area contributed by atoms with Crippen LogP contribution in [0.15, 0.2) is 29.8 Å². The minimum atomic E-state index is 0.313. The number of aliphatic imine (C=N–C) groups is 1.